The van der Waals surface area contributed by atoms with Crippen LogP contribution in [0.2, 0.25) is 0 Å². The maximum absolute atomic E-state index is 12.9. The Bertz CT molecular complexity index is 1000. The molecule has 4 rings (SSSR count). The molecule has 1 aromatic carbocycles. The van der Waals surface area contributed by atoms with Crippen LogP contribution >= 0.6 is 0 Å². The molecule has 0 saturated carbocycles. The van der Waals surface area contributed by atoms with Gasteiger partial charge in [-0.15, -0.1) is 0 Å². The van der Waals surface area contributed by atoms with Crippen molar-refractivity contribution in [3.63, 3.8) is 0 Å². The summed E-state index contributed by atoms with van der Waals surface area (Å²) in [4.78, 5) is 21.2. The van der Waals surface area contributed by atoms with Gasteiger partial charge in [-0.25, -0.2) is 14.6 Å². The van der Waals surface area contributed by atoms with E-state index in [0.29, 0.717) is 23.3 Å². The van der Waals surface area contributed by atoms with Crippen molar-refractivity contribution in [2.75, 3.05) is 18.2 Å². The van der Waals surface area contributed by atoms with Crippen molar-refractivity contribution in [3.8, 4) is 0 Å². The fourth-order valence-corrected chi connectivity index (χ4v) is 3.25. The molecule has 0 fully saturated rings. The van der Waals surface area contributed by atoms with Crippen LogP contribution in [0.25, 0.3) is 11.0 Å². The molecule has 3 aromatic rings. The van der Waals surface area contributed by atoms with Gasteiger partial charge in [0.2, 0.25) is 0 Å². The van der Waals surface area contributed by atoms with Crippen molar-refractivity contribution < 1.29 is 9.53 Å². The minimum atomic E-state index is -0.342. The van der Waals surface area contributed by atoms with Crippen LogP contribution in [0.1, 0.15) is 34.9 Å². The number of nitrogen functional groups attached to an aromatic ring is 1. The molecule has 8 nitrogen and oxygen atoms in total. The molecular weight excluding hydrogens is 344 g/mol. The second-order valence-corrected chi connectivity index (χ2v) is 6.43. The number of carbonyl (C=O) groups excluding carboxylic acids is 1. The van der Waals surface area contributed by atoms with Crippen molar-refractivity contribution in [3.05, 3.63) is 54.0 Å². The Kier molecular flexibility index (Phi) is 4.55. The Morgan fingerprint density at radius 2 is 2.00 bits per heavy atom. The Morgan fingerprint density at radius 3 is 2.70 bits per heavy atom. The minimum Gasteiger partial charge on any atom is -0.383 e. The molecule has 2 aromatic heterocycles. The molecule has 0 spiro atoms. The maximum atomic E-state index is 12.9. The lowest BCUT2D eigenvalue weighted by Gasteiger charge is -2.10. The average molecular weight is 364 g/mol. The largest absolute Gasteiger partial charge is 0.383 e. The van der Waals surface area contributed by atoms with Crippen molar-refractivity contribution in [2.45, 2.75) is 25.5 Å². The van der Waals surface area contributed by atoms with Crippen LogP contribution in [0.3, 0.4) is 0 Å². The Balaban J connectivity index is 1.67. The molecule has 0 radical (unpaired) electrons. The summed E-state index contributed by atoms with van der Waals surface area (Å²) in [5, 5.41) is 7.89. The highest BCUT2D eigenvalue weighted by molar-refractivity contribution is 6.13. The smallest absolute Gasteiger partial charge is 0.277 e. The van der Waals surface area contributed by atoms with Gasteiger partial charge >= 0.3 is 0 Å². The van der Waals surface area contributed by atoms with Gasteiger partial charge in [-0.05, 0) is 30.5 Å². The average Bonchev–Trinajstić information content (AvgIpc) is 3.31. The van der Waals surface area contributed by atoms with Crippen LogP contribution < -0.4 is 11.1 Å². The minimum absolute atomic E-state index is 0.136. The molecule has 0 saturated heterocycles. The second-order valence-electron chi connectivity index (χ2n) is 6.43. The van der Waals surface area contributed by atoms with Crippen molar-refractivity contribution in [2.24, 2.45) is 0 Å². The standard InChI is InChI=1S/C19H20N6O2/c1-27-10-12-6-8-13(9-7-12)23-19(26)16-15-17(20)21-11-22-18(15)25(24-16)14-4-2-3-5-14/h2-3,6-9,11,14H,4-5,10H2,1H3,(H,23,26)(H2,20,21,22). The van der Waals surface area contributed by atoms with E-state index in [0.717, 1.165) is 18.4 Å². The van der Waals surface area contributed by atoms with E-state index in [4.69, 9.17) is 10.5 Å². The van der Waals surface area contributed by atoms with E-state index < -0.39 is 0 Å². The molecule has 27 heavy (non-hydrogen) atoms. The number of hydrogen-bond donors (Lipinski definition) is 2. The van der Waals surface area contributed by atoms with Crippen molar-refractivity contribution >= 4 is 28.4 Å². The fourth-order valence-electron chi connectivity index (χ4n) is 3.25. The molecular formula is C19H20N6O2. The monoisotopic (exact) mass is 364 g/mol. The summed E-state index contributed by atoms with van der Waals surface area (Å²) in [6, 6.07) is 7.59. The Labute approximate surface area is 156 Å². The van der Waals surface area contributed by atoms with Crippen LogP contribution in [0, 0.1) is 0 Å². The van der Waals surface area contributed by atoms with E-state index in [1.165, 1.54) is 6.33 Å². The van der Waals surface area contributed by atoms with Gasteiger partial charge in [0, 0.05) is 12.8 Å². The SMILES string of the molecule is COCc1ccc(NC(=O)c2nn(C3CC=CC3)c3ncnc(N)c23)cc1. The lowest BCUT2D eigenvalue weighted by molar-refractivity contribution is 0.102. The molecule has 2 heterocycles. The molecule has 1 aliphatic rings. The fraction of sp³-hybridized carbons (Fsp3) is 0.263. The molecule has 138 valence electrons. The van der Waals surface area contributed by atoms with Gasteiger partial charge in [0.05, 0.1) is 18.0 Å². The number of nitrogens with two attached hydrogens (primary N) is 1. The summed E-state index contributed by atoms with van der Waals surface area (Å²) in [7, 11) is 1.64. The molecule has 1 aliphatic carbocycles. The molecule has 1 amide bonds. The molecule has 0 atom stereocenters. The summed E-state index contributed by atoms with van der Waals surface area (Å²) in [5.74, 6) is -0.0940. The Hall–Kier alpha value is -3.26. The van der Waals surface area contributed by atoms with Gasteiger partial charge in [0.15, 0.2) is 11.3 Å². The number of fused-ring (bicyclic) bond motifs is 1. The zero-order valence-corrected chi connectivity index (χ0v) is 14.9. The highest BCUT2D eigenvalue weighted by atomic mass is 16.5. The topological polar surface area (TPSA) is 108 Å². The molecule has 8 heteroatoms. The van der Waals surface area contributed by atoms with E-state index in [-0.39, 0.29) is 23.5 Å². The third-order valence-corrected chi connectivity index (χ3v) is 4.58. The summed E-state index contributed by atoms with van der Waals surface area (Å²) in [5.41, 5.74) is 8.54. The first-order valence-electron chi connectivity index (χ1n) is 8.70. The molecule has 0 unspecified atom stereocenters. The number of nitrogens with zero attached hydrogens (tertiary/aromatic N) is 4. The number of allylic oxidation sites excluding steroid dienone is 2. The van der Waals surface area contributed by atoms with Gasteiger partial charge in [-0.1, -0.05) is 24.3 Å². The van der Waals surface area contributed by atoms with E-state index >= 15 is 0 Å². The summed E-state index contributed by atoms with van der Waals surface area (Å²) in [6.45, 7) is 0.520. The quantitative estimate of drug-likeness (QED) is 0.674. The van der Waals surface area contributed by atoms with Gasteiger partial charge in [-0.3, -0.25) is 4.79 Å². The number of methoxy groups -OCH3 is 1. The number of aromatic nitrogens is 4. The highest BCUT2D eigenvalue weighted by Crippen LogP contribution is 2.30. The molecule has 3 N–H and O–H groups in total. The number of hydrogen-bond acceptors (Lipinski definition) is 6. The number of rotatable bonds is 5. The zero-order chi connectivity index (χ0) is 18.8. The van der Waals surface area contributed by atoms with Crippen LogP contribution in [-0.2, 0) is 11.3 Å². The van der Waals surface area contributed by atoms with E-state index in [1.807, 2.05) is 24.3 Å². The molecule has 0 aliphatic heterocycles. The first kappa shape index (κ1) is 17.2. The van der Waals surface area contributed by atoms with Gasteiger partial charge in [0.25, 0.3) is 5.91 Å². The third kappa shape index (κ3) is 3.26. The predicted octanol–water partition coefficient (Wildman–Crippen LogP) is 2.70. The number of anilines is 2. The maximum Gasteiger partial charge on any atom is 0.277 e. The van der Waals surface area contributed by atoms with E-state index in [1.54, 1.807) is 11.8 Å². The highest BCUT2D eigenvalue weighted by Gasteiger charge is 2.25. The number of nitrogens with one attached hydrogen (secondary N) is 1. The third-order valence-electron chi connectivity index (χ3n) is 4.58. The summed E-state index contributed by atoms with van der Waals surface area (Å²) >= 11 is 0. The Morgan fingerprint density at radius 1 is 1.26 bits per heavy atom. The van der Waals surface area contributed by atoms with Gasteiger partial charge in [0.1, 0.15) is 12.1 Å². The number of ether oxygens (including phenoxy) is 1. The number of carbonyl (C=O) groups is 1. The zero-order valence-electron chi connectivity index (χ0n) is 14.9. The van der Waals surface area contributed by atoms with Crippen LogP contribution in [0.15, 0.2) is 42.7 Å². The first-order valence-corrected chi connectivity index (χ1v) is 8.70. The molecule has 0 bridgehead atoms. The normalized spacial score (nSPS) is 14.1. The van der Waals surface area contributed by atoms with Crippen LogP contribution in [0.5, 0.6) is 0 Å². The van der Waals surface area contributed by atoms with Crippen molar-refractivity contribution in [1.82, 2.24) is 19.7 Å². The van der Waals surface area contributed by atoms with Crippen LogP contribution in [0.4, 0.5) is 11.5 Å². The number of amides is 1. The van der Waals surface area contributed by atoms with E-state index in [9.17, 15) is 4.79 Å². The van der Waals surface area contributed by atoms with E-state index in [2.05, 4.69) is 32.5 Å². The summed E-state index contributed by atoms with van der Waals surface area (Å²) < 4.78 is 6.88. The van der Waals surface area contributed by atoms with Gasteiger partial charge in [-0.2, -0.15) is 5.10 Å². The first-order chi connectivity index (χ1) is 13.2. The van der Waals surface area contributed by atoms with Gasteiger partial charge < -0.3 is 15.8 Å². The lowest BCUT2D eigenvalue weighted by atomic mass is 10.2. The number of benzene rings is 1. The van der Waals surface area contributed by atoms with Crippen molar-refractivity contribution in [1.29, 1.82) is 0 Å². The lowest BCUT2D eigenvalue weighted by Crippen LogP contribution is -2.15. The predicted molar refractivity (Wildman–Crippen MR) is 102 cm³/mol. The summed E-state index contributed by atoms with van der Waals surface area (Å²) in [6.07, 6.45) is 7.30. The van der Waals surface area contributed by atoms with Crippen LogP contribution in [-0.4, -0.2) is 32.8 Å². The second kappa shape index (κ2) is 7.16.